The number of nitrogens with one attached hydrogen (secondary N) is 2. The summed E-state index contributed by atoms with van der Waals surface area (Å²) in [5.41, 5.74) is 5.83. The first kappa shape index (κ1) is 18.6. The molecule has 2 N–H and O–H groups in total. The largest absolute Gasteiger partial charge is 0.273 e. The van der Waals surface area contributed by atoms with E-state index in [9.17, 15) is 9.59 Å². The molecule has 0 aliphatic carbocycles. The van der Waals surface area contributed by atoms with Gasteiger partial charge >= 0.3 is 0 Å². The Labute approximate surface area is 154 Å². The number of aryl methyl sites for hydroxylation is 1. The van der Waals surface area contributed by atoms with E-state index in [0.717, 1.165) is 10.5 Å². The molecule has 0 aliphatic heterocycles. The van der Waals surface area contributed by atoms with Crippen molar-refractivity contribution < 1.29 is 9.59 Å². The monoisotopic (exact) mass is 382 g/mol. The van der Waals surface area contributed by atoms with Crippen LogP contribution in [0.3, 0.4) is 0 Å². The molecule has 0 unspecified atom stereocenters. The van der Waals surface area contributed by atoms with E-state index >= 15 is 0 Å². The third-order valence-electron chi connectivity index (χ3n) is 3.08. The van der Waals surface area contributed by atoms with Crippen LogP contribution in [0.15, 0.2) is 53.4 Å². The summed E-state index contributed by atoms with van der Waals surface area (Å²) in [6.45, 7) is 0. The molecule has 126 valence electrons. The van der Waals surface area contributed by atoms with E-state index < -0.39 is 0 Å². The second-order valence-electron chi connectivity index (χ2n) is 4.97. The molecule has 0 bridgehead atoms. The fraction of sp³-hybridized carbons (Fsp3) is 0.176. The minimum Gasteiger partial charge on any atom is -0.273 e. The van der Waals surface area contributed by atoms with E-state index in [-0.39, 0.29) is 24.0 Å². The molecule has 2 rings (SSSR count). The van der Waals surface area contributed by atoms with Gasteiger partial charge in [-0.25, -0.2) is 0 Å². The summed E-state index contributed by atoms with van der Waals surface area (Å²) >= 11 is 13.0. The molecule has 24 heavy (non-hydrogen) atoms. The molecule has 0 fully saturated rings. The lowest BCUT2D eigenvalue weighted by Crippen LogP contribution is -2.42. The van der Waals surface area contributed by atoms with Gasteiger partial charge in [0.2, 0.25) is 11.8 Å². The Balaban J connectivity index is 1.64. The van der Waals surface area contributed by atoms with Crippen molar-refractivity contribution in [2.45, 2.75) is 17.7 Å². The topological polar surface area (TPSA) is 58.2 Å². The molecule has 0 aliphatic rings. The zero-order chi connectivity index (χ0) is 17.4. The van der Waals surface area contributed by atoms with Crippen molar-refractivity contribution in [3.63, 3.8) is 0 Å². The van der Waals surface area contributed by atoms with E-state index in [0.29, 0.717) is 16.5 Å². The van der Waals surface area contributed by atoms with Gasteiger partial charge in [-0.15, -0.1) is 11.8 Å². The van der Waals surface area contributed by atoms with E-state index in [1.54, 1.807) is 24.3 Å². The van der Waals surface area contributed by atoms with Crippen LogP contribution in [0, 0.1) is 0 Å². The Morgan fingerprint density at radius 1 is 0.833 bits per heavy atom. The van der Waals surface area contributed by atoms with Crippen molar-refractivity contribution in [3.05, 3.63) is 64.1 Å². The summed E-state index contributed by atoms with van der Waals surface area (Å²) in [4.78, 5) is 24.4. The minimum atomic E-state index is -0.269. The lowest BCUT2D eigenvalue weighted by Gasteiger charge is -2.07. The predicted octanol–water partition coefficient (Wildman–Crippen LogP) is 3.87. The van der Waals surface area contributed by atoms with Crippen molar-refractivity contribution in [3.8, 4) is 0 Å². The predicted molar refractivity (Wildman–Crippen MR) is 98.2 cm³/mol. The van der Waals surface area contributed by atoms with Crippen LogP contribution in [0.1, 0.15) is 12.0 Å². The standard InChI is InChI=1S/C17H16Cl2N2O2S/c18-13-4-1-12(2-5-13)3-10-16(22)20-21-17(23)11-24-15-8-6-14(19)7-9-15/h1-2,4-9H,3,10-11H2,(H,20,22)(H,21,23). The first-order valence-electron chi connectivity index (χ1n) is 7.23. The normalized spacial score (nSPS) is 10.2. The number of halogens is 2. The molecule has 0 saturated carbocycles. The Morgan fingerprint density at radius 3 is 2.00 bits per heavy atom. The number of thioether (sulfide) groups is 1. The number of hydrogen-bond acceptors (Lipinski definition) is 3. The number of carbonyl (C=O) groups excluding carboxylic acids is 2. The summed E-state index contributed by atoms with van der Waals surface area (Å²) in [5.74, 6) is -0.302. The maximum atomic E-state index is 11.7. The summed E-state index contributed by atoms with van der Waals surface area (Å²) in [5, 5.41) is 1.31. The second kappa shape index (κ2) is 9.57. The minimum absolute atomic E-state index is 0.207. The van der Waals surface area contributed by atoms with Gasteiger partial charge in [-0.1, -0.05) is 35.3 Å². The number of hydrogen-bond donors (Lipinski definition) is 2. The van der Waals surface area contributed by atoms with Crippen molar-refractivity contribution in [2.75, 3.05) is 5.75 Å². The average molecular weight is 383 g/mol. The van der Waals surface area contributed by atoms with Gasteiger partial charge in [-0.2, -0.15) is 0 Å². The fourth-order valence-electron chi connectivity index (χ4n) is 1.83. The van der Waals surface area contributed by atoms with Crippen LogP contribution >= 0.6 is 35.0 Å². The molecule has 2 aromatic carbocycles. The van der Waals surface area contributed by atoms with Gasteiger partial charge in [0, 0.05) is 21.4 Å². The Kier molecular flexibility index (Phi) is 7.43. The Hall–Kier alpha value is -1.69. The molecule has 4 nitrogen and oxygen atoms in total. The first-order valence-corrected chi connectivity index (χ1v) is 8.97. The van der Waals surface area contributed by atoms with E-state index in [1.807, 2.05) is 24.3 Å². The molecular weight excluding hydrogens is 367 g/mol. The molecule has 0 radical (unpaired) electrons. The maximum absolute atomic E-state index is 11.7. The smallest absolute Gasteiger partial charge is 0.248 e. The Morgan fingerprint density at radius 2 is 1.38 bits per heavy atom. The maximum Gasteiger partial charge on any atom is 0.248 e. The van der Waals surface area contributed by atoms with Crippen LogP contribution in [-0.4, -0.2) is 17.6 Å². The van der Waals surface area contributed by atoms with Gasteiger partial charge in [0.15, 0.2) is 0 Å². The van der Waals surface area contributed by atoms with Crippen molar-refractivity contribution in [1.82, 2.24) is 10.9 Å². The van der Waals surface area contributed by atoms with Crippen molar-refractivity contribution >= 4 is 46.8 Å². The van der Waals surface area contributed by atoms with Crippen LogP contribution in [0.25, 0.3) is 0 Å². The van der Waals surface area contributed by atoms with E-state index in [4.69, 9.17) is 23.2 Å². The van der Waals surface area contributed by atoms with Crippen LogP contribution in [0.5, 0.6) is 0 Å². The highest BCUT2D eigenvalue weighted by atomic mass is 35.5. The molecule has 2 aromatic rings. The molecule has 0 aromatic heterocycles. The second-order valence-corrected chi connectivity index (χ2v) is 6.89. The van der Waals surface area contributed by atoms with Gasteiger partial charge in [0.05, 0.1) is 5.75 Å². The summed E-state index contributed by atoms with van der Waals surface area (Å²) in [6.07, 6.45) is 0.866. The molecule has 0 saturated heterocycles. The average Bonchev–Trinajstić information content (AvgIpc) is 2.59. The SMILES string of the molecule is O=C(CCc1ccc(Cl)cc1)NNC(=O)CSc1ccc(Cl)cc1. The van der Waals surface area contributed by atoms with Crippen LogP contribution < -0.4 is 10.9 Å². The van der Waals surface area contributed by atoms with Gasteiger partial charge in [-0.05, 0) is 48.4 Å². The highest BCUT2D eigenvalue weighted by Crippen LogP contribution is 2.19. The quantitative estimate of drug-likeness (QED) is 0.588. The molecular formula is C17H16Cl2N2O2S. The fourth-order valence-corrected chi connectivity index (χ4v) is 2.78. The zero-order valence-electron chi connectivity index (χ0n) is 12.7. The molecule has 7 heteroatoms. The molecule has 0 spiro atoms. The molecule has 2 amide bonds. The highest BCUT2D eigenvalue weighted by Gasteiger charge is 2.06. The number of amides is 2. The molecule has 0 atom stereocenters. The van der Waals surface area contributed by atoms with Crippen LogP contribution in [0.2, 0.25) is 10.0 Å². The summed E-state index contributed by atoms with van der Waals surface area (Å²) in [6, 6.07) is 14.5. The van der Waals surface area contributed by atoms with Gasteiger partial charge in [0.25, 0.3) is 0 Å². The Bertz CT molecular complexity index is 629. The van der Waals surface area contributed by atoms with Gasteiger partial charge in [0.1, 0.15) is 0 Å². The number of carbonyl (C=O) groups is 2. The molecule has 0 heterocycles. The van der Waals surface area contributed by atoms with Crippen molar-refractivity contribution in [1.29, 1.82) is 0 Å². The van der Waals surface area contributed by atoms with Gasteiger partial charge < -0.3 is 0 Å². The summed E-state index contributed by atoms with van der Waals surface area (Å²) < 4.78 is 0. The van der Waals surface area contributed by atoms with Crippen LogP contribution in [-0.2, 0) is 16.0 Å². The third-order valence-corrected chi connectivity index (χ3v) is 4.59. The van der Waals surface area contributed by atoms with E-state index in [2.05, 4.69) is 10.9 Å². The number of hydrazine groups is 1. The number of benzene rings is 2. The van der Waals surface area contributed by atoms with Crippen molar-refractivity contribution in [2.24, 2.45) is 0 Å². The zero-order valence-corrected chi connectivity index (χ0v) is 15.0. The van der Waals surface area contributed by atoms with E-state index in [1.165, 1.54) is 11.8 Å². The van der Waals surface area contributed by atoms with Crippen LogP contribution in [0.4, 0.5) is 0 Å². The highest BCUT2D eigenvalue weighted by molar-refractivity contribution is 8.00. The first-order chi connectivity index (χ1) is 11.5. The summed E-state index contributed by atoms with van der Waals surface area (Å²) in [7, 11) is 0. The third kappa shape index (κ3) is 6.83. The lowest BCUT2D eigenvalue weighted by atomic mass is 10.1. The lowest BCUT2D eigenvalue weighted by molar-refractivity contribution is -0.127. The number of rotatable bonds is 6. The van der Waals surface area contributed by atoms with Gasteiger partial charge in [-0.3, -0.25) is 20.4 Å².